The van der Waals surface area contributed by atoms with E-state index in [0.717, 1.165) is 51.4 Å². The molecule has 0 saturated carbocycles. The van der Waals surface area contributed by atoms with Crippen molar-refractivity contribution >= 4 is 17.9 Å². The molecule has 0 aromatic carbocycles. The summed E-state index contributed by atoms with van der Waals surface area (Å²) in [7, 11) is 5.40. The Labute approximate surface area is 351 Å². The summed E-state index contributed by atoms with van der Waals surface area (Å²) in [6.07, 6.45) is 45.9. The fourth-order valence-electron chi connectivity index (χ4n) is 6.82. The molecule has 0 aliphatic rings. The fourth-order valence-corrected chi connectivity index (χ4v) is 6.82. The Hall–Kier alpha value is -2.45. The minimum atomic E-state index is -1.13. The number of hydrogen-bond donors (Lipinski definition) is 0. The number of carbonyl (C=O) groups excluding carboxylic acids is 3. The van der Waals surface area contributed by atoms with E-state index in [1.807, 2.05) is 0 Å². The lowest BCUT2D eigenvalue weighted by Gasteiger charge is -2.34. The predicted octanol–water partition coefficient (Wildman–Crippen LogP) is 11.7. The zero-order valence-corrected chi connectivity index (χ0v) is 37.8. The molecule has 0 bridgehead atoms. The topological polar surface area (TPSA) is 102 Å². The minimum Gasteiger partial charge on any atom is -0.544 e. The van der Waals surface area contributed by atoms with E-state index in [4.69, 9.17) is 14.2 Å². The second-order valence-electron chi connectivity index (χ2n) is 17.0. The summed E-state index contributed by atoms with van der Waals surface area (Å²) in [5.74, 6) is -1.75. The number of carboxylic acids is 1. The van der Waals surface area contributed by atoms with E-state index in [0.29, 0.717) is 12.8 Å². The number of aliphatic carboxylic acids is 1. The molecule has 0 aliphatic heterocycles. The van der Waals surface area contributed by atoms with Gasteiger partial charge in [-0.25, -0.2) is 0 Å². The van der Waals surface area contributed by atoms with Crippen molar-refractivity contribution in [2.75, 3.05) is 41.0 Å². The fraction of sp³-hybridized carbons (Fsp3) is 0.816. The lowest BCUT2D eigenvalue weighted by molar-refractivity contribution is -0.889. The summed E-state index contributed by atoms with van der Waals surface area (Å²) >= 11 is 0. The zero-order chi connectivity index (χ0) is 42.1. The Morgan fingerprint density at radius 1 is 0.526 bits per heavy atom. The van der Waals surface area contributed by atoms with E-state index in [9.17, 15) is 19.5 Å². The highest BCUT2D eigenvalue weighted by Gasteiger charge is 2.25. The van der Waals surface area contributed by atoms with Crippen LogP contribution in [0.2, 0.25) is 0 Å². The first-order chi connectivity index (χ1) is 27.6. The van der Waals surface area contributed by atoms with Gasteiger partial charge in [0.1, 0.15) is 12.6 Å². The first-order valence-electron chi connectivity index (χ1n) is 23.5. The van der Waals surface area contributed by atoms with Crippen LogP contribution in [0.1, 0.15) is 206 Å². The van der Waals surface area contributed by atoms with Gasteiger partial charge in [0.25, 0.3) is 0 Å². The molecular formula is C49H89NO7. The van der Waals surface area contributed by atoms with Crippen molar-refractivity contribution in [2.24, 2.45) is 0 Å². The SMILES string of the molecule is CCCCC/C=C/C=C/CCCCCCCCCCCCC(=O)OCC(COCCC(C(=O)[O-])[N+](C)(C)C)OC(=O)CCCCC/C=C/CCCCCCCCC. The Bertz CT molecular complexity index is 1030. The predicted molar refractivity (Wildman–Crippen MR) is 236 cm³/mol. The van der Waals surface area contributed by atoms with Gasteiger partial charge in [0.05, 0.1) is 40.3 Å². The third kappa shape index (κ3) is 38.8. The van der Waals surface area contributed by atoms with Crippen LogP contribution in [0.25, 0.3) is 0 Å². The maximum Gasteiger partial charge on any atom is 0.306 e. The number of hydrogen-bond acceptors (Lipinski definition) is 7. The molecular weight excluding hydrogens is 715 g/mol. The van der Waals surface area contributed by atoms with Crippen molar-refractivity contribution in [1.29, 1.82) is 0 Å². The second kappa shape index (κ2) is 40.3. The molecule has 0 N–H and O–H groups in total. The van der Waals surface area contributed by atoms with Crippen LogP contribution < -0.4 is 5.11 Å². The molecule has 0 amide bonds. The van der Waals surface area contributed by atoms with Gasteiger partial charge in [-0.15, -0.1) is 0 Å². The zero-order valence-electron chi connectivity index (χ0n) is 37.8. The Kier molecular flexibility index (Phi) is 38.6. The van der Waals surface area contributed by atoms with E-state index >= 15 is 0 Å². The number of unbranched alkanes of at least 4 members (excludes halogenated alkanes) is 23. The number of likely N-dealkylation sites (N-methyl/N-ethyl adjacent to an activating group) is 1. The van der Waals surface area contributed by atoms with Crippen LogP contribution >= 0.6 is 0 Å². The van der Waals surface area contributed by atoms with Crippen LogP contribution in [0.5, 0.6) is 0 Å². The molecule has 0 rings (SSSR count). The van der Waals surface area contributed by atoms with Crippen LogP contribution in [0.15, 0.2) is 36.5 Å². The summed E-state index contributed by atoms with van der Waals surface area (Å²) in [6, 6.07) is -0.728. The van der Waals surface area contributed by atoms with Gasteiger partial charge < -0.3 is 28.6 Å². The third-order valence-electron chi connectivity index (χ3n) is 10.5. The molecule has 0 saturated heterocycles. The van der Waals surface area contributed by atoms with Gasteiger partial charge in [-0.2, -0.15) is 0 Å². The standard InChI is InChI=1S/C49H89NO7/c1-6-8-10-12-14-16-18-20-22-23-24-25-26-28-29-31-33-35-37-39-47(51)56-44-45(43-55-42-41-46(49(53)54)50(3,4)5)57-48(52)40-38-36-34-32-30-27-21-19-17-15-13-11-9-7-2/h14,16,18,20,27,30,45-46H,6-13,15,17,19,21-26,28-29,31-44H2,1-5H3/b16-14+,20-18+,30-27+. The molecule has 57 heavy (non-hydrogen) atoms. The van der Waals surface area contributed by atoms with Gasteiger partial charge >= 0.3 is 11.9 Å². The lowest BCUT2D eigenvalue weighted by atomic mass is 10.1. The summed E-state index contributed by atoms with van der Waals surface area (Å²) in [5.41, 5.74) is 0. The molecule has 0 fully saturated rings. The normalized spacial score (nSPS) is 13.2. The van der Waals surface area contributed by atoms with Crippen molar-refractivity contribution in [3.05, 3.63) is 36.5 Å². The van der Waals surface area contributed by atoms with Gasteiger partial charge in [0.2, 0.25) is 0 Å². The highest BCUT2D eigenvalue weighted by Crippen LogP contribution is 2.14. The van der Waals surface area contributed by atoms with E-state index in [1.165, 1.54) is 122 Å². The lowest BCUT2D eigenvalue weighted by Crippen LogP contribution is -2.55. The van der Waals surface area contributed by atoms with E-state index in [-0.39, 0.29) is 42.7 Å². The smallest absolute Gasteiger partial charge is 0.306 e. The molecule has 0 aromatic heterocycles. The van der Waals surface area contributed by atoms with Gasteiger partial charge in [0.15, 0.2) is 6.10 Å². The Balaban J connectivity index is 4.30. The Morgan fingerprint density at radius 3 is 1.42 bits per heavy atom. The average molecular weight is 804 g/mol. The van der Waals surface area contributed by atoms with Crippen molar-refractivity contribution in [2.45, 2.75) is 219 Å². The number of ether oxygens (including phenoxy) is 3. The monoisotopic (exact) mass is 804 g/mol. The molecule has 0 spiro atoms. The maximum atomic E-state index is 12.7. The molecule has 2 unspecified atom stereocenters. The van der Waals surface area contributed by atoms with Crippen molar-refractivity contribution in [3.63, 3.8) is 0 Å². The summed E-state index contributed by atoms with van der Waals surface area (Å²) in [6.45, 7) is 4.62. The van der Waals surface area contributed by atoms with Crippen LogP contribution in [-0.2, 0) is 28.6 Å². The molecule has 0 aromatic rings. The van der Waals surface area contributed by atoms with Gasteiger partial charge in [-0.1, -0.05) is 159 Å². The molecule has 0 radical (unpaired) electrons. The number of quaternary nitrogens is 1. The highest BCUT2D eigenvalue weighted by molar-refractivity contribution is 5.70. The van der Waals surface area contributed by atoms with Crippen molar-refractivity contribution in [1.82, 2.24) is 0 Å². The summed E-state index contributed by atoms with van der Waals surface area (Å²) < 4.78 is 17.2. The van der Waals surface area contributed by atoms with Crippen LogP contribution in [0.3, 0.4) is 0 Å². The largest absolute Gasteiger partial charge is 0.544 e. The first-order valence-corrected chi connectivity index (χ1v) is 23.5. The Morgan fingerprint density at radius 2 is 0.930 bits per heavy atom. The molecule has 8 heteroatoms. The minimum absolute atomic E-state index is 0.0351. The van der Waals surface area contributed by atoms with E-state index in [2.05, 4.69) is 50.3 Å². The van der Waals surface area contributed by atoms with Gasteiger partial charge in [0, 0.05) is 19.3 Å². The molecule has 0 aliphatic carbocycles. The quantitative estimate of drug-likeness (QED) is 0.0199. The molecule has 332 valence electrons. The first kappa shape index (κ1) is 54.6. The van der Waals surface area contributed by atoms with Crippen LogP contribution in [0.4, 0.5) is 0 Å². The summed E-state index contributed by atoms with van der Waals surface area (Å²) in [4.78, 5) is 36.9. The summed E-state index contributed by atoms with van der Waals surface area (Å²) in [5, 5.41) is 11.6. The number of carboxylic acid groups (broad SMARTS) is 1. The molecule has 8 nitrogen and oxygen atoms in total. The van der Waals surface area contributed by atoms with Crippen molar-refractivity contribution in [3.8, 4) is 0 Å². The third-order valence-corrected chi connectivity index (χ3v) is 10.5. The number of carbonyl (C=O) groups is 3. The number of allylic oxidation sites excluding steroid dienone is 6. The maximum absolute atomic E-state index is 12.7. The van der Waals surface area contributed by atoms with Gasteiger partial charge in [-0.05, 0) is 64.2 Å². The average Bonchev–Trinajstić information content (AvgIpc) is 3.17. The number of nitrogens with zero attached hydrogens (tertiary/aromatic N) is 1. The number of rotatable bonds is 42. The van der Waals surface area contributed by atoms with Crippen LogP contribution in [-0.4, -0.2) is 75.5 Å². The van der Waals surface area contributed by atoms with Gasteiger partial charge in [-0.3, -0.25) is 9.59 Å². The van der Waals surface area contributed by atoms with E-state index < -0.39 is 18.1 Å². The highest BCUT2D eigenvalue weighted by atomic mass is 16.6. The number of esters is 2. The second-order valence-corrected chi connectivity index (χ2v) is 17.0. The molecule has 0 heterocycles. The van der Waals surface area contributed by atoms with Crippen molar-refractivity contribution < 1.29 is 38.2 Å². The molecule has 2 atom stereocenters. The van der Waals surface area contributed by atoms with E-state index in [1.54, 1.807) is 21.1 Å². The van der Waals surface area contributed by atoms with Crippen LogP contribution in [0, 0.1) is 0 Å².